The highest BCUT2D eigenvalue weighted by Crippen LogP contribution is 2.31. The van der Waals surface area contributed by atoms with E-state index >= 15 is 0 Å². The summed E-state index contributed by atoms with van der Waals surface area (Å²) in [6.07, 6.45) is 1.05. The van der Waals surface area contributed by atoms with Gasteiger partial charge >= 0.3 is 0 Å². The zero-order valence-electron chi connectivity index (χ0n) is 14.5. The first-order valence-corrected chi connectivity index (χ1v) is 7.83. The van der Waals surface area contributed by atoms with Crippen molar-refractivity contribution in [3.8, 4) is 11.5 Å². The van der Waals surface area contributed by atoms with Gasteiger partial charge < -0.3 is 14.8 Å². The molecule has 0 aromatic heterocycles. The molecule has 0 aliphatic heterocycles. The van der Waals surface area contributed by atoms with Crippen molar-refractivity contribution in [2.75, 3.05) is 20.3 Å². The Balaban J connectivity index is 2.72. The van der Waals surface area contributed by atoms with Gasteiger partial charge in [0.25, 0.3) is 0 Å². The third-order valence-corrected chi connectivity index (χ3v) is 3.19. The van der Waals surface area contributed by atoms with E-state index in [4.69, 9.17) is 9.47 Å². The number of benzene rings is 1. The first-order chi connectivity index (χ1) is 9.83. The van der Waals surface area contributed by atoms with Crippen molar-refractivity contribution in [2.24, 2.45) is 11.3 Å². The van der Waals surface area contributed by atoms with Crippen LogP contribution in [0.3, 0.4) is 0 Å². The van der Waals surface area contributed by atoms with Crippen LogP contribution in [-0.2, 0) is 6.54 Å². The highest BCUT2D eigenvalue weighted by molar-refractivity contribution is 5.46. The molecule has 0 saturated carbocycles. The fraction of sp³-hybridized carbons (Fsp3) is 0.667. The minimum atomic E-state index is 0.275. The normalized spacial score (nSPS) is 11.8. The maximum absolute atomic E-state index is 5.99. The lowest BCUT2D eigenvalue weighted by Crippen LogP contribution is -2.26. The quantitative estimate of drug-likeness (QED) is 0.777. The number of para-hydroxylation sites is 1. The van der Waals surface area contributed by atoms with Gasteiger partial charge in [-0.05, 0) is 23.8 Å². The third-order valence-electron chi connectivity index (χ3n) is 3.19. The zero-order valence-corrected chi connectivity index (χ0v) is 14.5. The van der Waals surface area contributed by atoms with Crippen LogP contribution in [-0.4, -0.2) is 20.3 Å². The van der Waals surface area contributed by atoms with Gasteiger partial charge in [-0.1, -0.05) is 46.8 Å². The second-order valence-electron chi connectivity index (χ2n) is 7.14. The van der Waals surface area contributed by atoms with Gasteiger partial charge in [-0.25, -0.2) is 0 Å². The van der Waals surface area contributed by atoms with E-state index in [1.807, 2.05) is 12.1 Å². The molecule has 1 N–H and O–H groups in total. The van der Waals surface area contributed by atoms with E-state index in [1.165, 1.54) is 0 Å². The van der Waals surface area contributed by atoms with Crippen LogP contribution >= 0.6 is 0 Å². The minimum absolute atomic E-state index is 0.275. The maximum Gasteiger partial charge on any atom is 0.165 e. The fourth-order valence-corrected chi connectivity index (χ4v) is 1.99. The molecule has 0 heterocycles. The summed E-state index contributed by atoms with van der Waals surface area (Å²) in [5, 5.41) is 3.50. The summed E-state index contributed by atoms with van der Waals surface area (Å²) in [4.78, 5) is 0. The van der Waals surface area contributed by atoms with Crippen molar-refractivity contribution in [2.45, 2.75) is 47.6 Å². The van der Waals surface area contributed by atoms with Crippen molar-refractivity contribution in [3.63, 3.8) is 0 Å². The van der Waals surface area contributed by atoms with Crippen LogP contribution in [0.15, 0.2) is 18.2 Å². The number of nitrogens with one attached hydrogen (secondary N) is 1. The molecule has 0 bridgehead atoms. The standard InChI is InChI=1S/C18H31NO2/c1-14(2)10-11-21-17-15(8-7-9-16(17)20-6)12-19-13-18(3,4)5/h7-9,14,19H,10-13H2,1-6H3. The van der Waals surface area contributed by atoms with Crippen LogP contribution < -0.4 is 14.8 Å². The van der Waals surface area contributed by atoms with E-state index in [0.29, 0.717) is 5.92 Å². The van der Waals surface area contributed by atoms with Gasteiger partial charge in [0.15, 0.2) is 11.5 Å². The topological polar surface area (TPSA) is 30.5 Å². The Labute approximate surface area is 130 Å². The van der Waals surface area contributed by atoms with Crippen LogP contribution in [0, 0.1) is 11.3 Å². The van der Waals surface area contributed by atoms with Gasteiger partial charge in [0.05, 0.1) is 13.7 Å². The Morgan fingerprint density at radius 1 is 1.19 bits per heavy atom. The van der Waals surface area contributed by atoms with E-state index < -0.39 is 0 Å². The summed E-state index contributed by atoms with van der Waals surface area (Å²) in [6.45, 7) is 13.6. The van der Waals surface area contributed by atoms with Gasteiger partial charge in [-0.2, -0.15) is 0 Å². The van der Waals surface area contributed by atoms with E-state index in [0.717, 1.165) is 43.2 Å². The van der Waals surface area contributed by atoms with E-state index in [-0.39, 0.29) is 5.41 Å². The molecule has 0 saturated heterocycles. The molecule has 0 atom stereocenters. The van der Waals surface area contributed by atoms with Crippen LogP contribution in [0.5, 0.6) is 11.5 Å². The maximum atomic E-state index is 5.99. The molecule has 1 aromatic rings. The lowest BCUT2D eigenvalue weighted by molar-refractivity contribution is 0.269. The molecule has 3 nitrogen and oxygen atoms in total. The van der Waals surface area contributed by atoms with Gasteiger partial charge in [0.1, 0.15) is 0 Å². The van der Waals surface area contributed by atoms with Gasteiger partial charge in [-0.3, -0.25) is 0 Å². The van der Waals surface area contributed by atoms with Crippen molar-refractivity contribution in [1.29, 1.82) is 0 Å². The molecule has 1 aromatic carbocycles. The van der Waals surface area contributed by atoms with E-state index in [2.05, 4.69) is 46.0 Å². The molecule has 0 aliphatic rings. The lowest BCUT2D eigenvalue weighted by Gasteiger charge is -2.20. The first kappa shape index (κ1) is 17.8. The Morgan fingerprint density at radius 3 is 2.48 bits per heavy atom. The van der Waals surface area contributed by atoms with Crippen LogP contribution in [0.25, 0.3) is 0 Å². The second kappa shape index (κ2) is 8.28. The number of hydrogen-bond donors (Lipinski definition) is 1. The molecule has 3 heteroatoms. The molecule has 0 unspecified atom stereocenters. The Hall–Kier alpha value is -1.22. The number of methoxy groups -OCH3 is 1. The average molecular weight is 293 g/mol. The lowest BCUT2D eigenvalue weighted by atomic mass is 9.97. The molecule has 0 fully saturated rings. The van der Waals surface area contributed by atoms with Crippen LogP contribution in [0.2, 0.25) is 0 Å². The monoisotopic (exact) mass is 293 g/mol. The highest BCUT2D eigenvalue weighted by atomic mass is 16.5. The summed E-state index contributed by atoms with van der Waals surface area (Å²) >= 11 is 0. The number of ether oxygens (including phenoxy) is 2. The number of rotatable bonds is 8. The fourth-order valence-electron chi connectivity index (χ4n) is 1.99. The highest BCUT2D eigenvalue weighted by Gasteiger charge is 2.13. The Kier molecular flexibility index (Phi) is 7.03. The van der Waals surface area contributed by atoms with Crippen LogP contribution in [0.4, 0.5) is 0 Å². The largest absolute Gasteiger partial charge is 0.493 e. The molecular weight excluding hydrogens is 262 g/mol. The SMILES string of the molecule is COc1cccc(CNCC(C)(C)C)c1OCCC(C)C. The summed E-state index contributed by atoms with van der Waals surface area (Å²) in [5.41, 5.74) is 1.43. The first-order valence-electron chi connectivity index (χ1n) is 7.83. The van der Waals surface area contributed by atoms with Crippen molar-refractivity contribution in [3.05, 3.63) is 23.8 Å². The molecule has 1 rings (SSSR count). The molecule has 21 heavy (non-hydrogen) atoms. The van der Waals surface area contributed by atoms with E-state index in [1.54, 1.807) is 7.11 Å². The summed E-state index contributed by atoms with van der Waals surface area (Å²) < 4.78 is 11.4. The Bertz CT molecular complexity index is 422. The van der Waals surface area contributed by atoms with Crippen molar-refractivity contribution >= 4 is 0 Å². The third kappa shape index (κ3) is 6.85. The summed E-state index contributed by atoms with van der Waals surface area (Å²) in [7, 11) is 1.69. The minimum Gasteiger partial charge on any atom is -0.493 e. The summed E-state index contributed by atoms with van der Waals surface area (Å²) in [5.74, 6) is 2.33. The molecule has 0 amide bonds. The number of hydrogen-bond acceptors (Lipinski definition) is 3. The zero-order chi connectivity index (χ0) is 15.9. The van der Waals surface area contributed by atoms with Gasteiger partial charge in [0.2, 0.25) is 0 Å². The Morgan fingerprint density at radius 2 is 1.90 bits per heavy atom. The van der Waals surface area contributed by atoms with E-state index in [9.17, 15) is 0 Å². The summed E-state index contributed by atoms with van der Waals surface area (Å²) in [6, 6.07) is 6.07. The molecule has 120 valence electrons. The molecular formula is C18H31NO2. The van der Waals surface area contributed by atoms with Gasteiger partial charge in [-0.15, -0.1) is 0 Å². The average Bonchev–Trinajstić information content (AvgIpc) is 2.38. The predicted octanol–water partition coefficient (Wildman–Crippen LogP) is 4.26. The predicted molar refractivity (Wildman–Crippen MR) is 89.1 cm³/mol. The molecule has 0 aliphatic carbocycles. The van der Waals surface area contributed by atoms with Crippen LogP contribution in [0.1, 0.15) is 46.6 Å². The van der Waals surface area contributed by atoms with Gasteiger partial charge in [0, 0.05) is 18.7 Å². The molecule has 0 radical (unpaired) electrons. The molecule has 0 spiro atoms. The van der Waals surface area contributed by atoms with Crippen molar-refractivity contribution in [1.82, 2.24) is 5.32 Å². The second-order valence-corrected chi connectivity index (χ2v) is 7.14. The van der Waals surface area contributed by atoms with Crippen molar-refractivity contribution < 1.29 is 9.47 Å². The smallest absolute Gasteiger partial charge is 0.165 e.